The fourth-order valence-electron chi connectivity index (χ4n) is 2.35. The van der Waals surface area contributed by atoms with Crippen molar-refractivity contribution in [3.63, 3.8) is 0 Å². The van der Waals surface area contributed by atoms with Crippen LogP contribution in [0.2, 0.25) is 5.02 Å². The van der Waals surface area contributed by atoms with Crippen LogP contribution >= 0.6 is 11.6 Å². The minimum absolute atomic E-state index is 0.111. The van der Waals surface area contributed by atoms with Crippen LogP contribution in [0.15, 0.2) is 18.2 Å². The van der Waals surface area contributed by atoms with Crippen LogP contribution in [-0.2, 0) is 9.59 Å². The highest BCUT2D eigenvalue weighted by Crippen LogP contribution is 2.34. The van der Waals surface area contributed by atoms with Gasteiger partial charge in [-0.2, -0.15) is 0 Å². The zero-order chi connectivity index (χ0) is 15.8. The molecule has 1 atom stereocenters. The zero-order valence-corrected chi connectivity index (χ0v) is 13.4. The van der Waals surface area contributed by atoms with Gasteiger partial charge in [0.25, 0.3) is 5.91 Å². The second-order valence-electron chi connectivity index (χ2n) is 5.74. The fraction of sp³-hybridized carbons (Fsp3) is 0.467. The lowest BCUT2D eigenvalue weighted by Crippen LogP contribution is -2.64. The van der Waals surface area contributed by atoms with E-state index in [-0.39, 0.29) is 24.4 Å². The molecule has 1 aliphatic rings. The van der Waals surface area contributed by atoms with Crippen molar-refractivity contribution >= 4 is 29.1 Å². The Labute approximate surface area is 129 Å². The van der Waals surface area contributed by atoms with E-state index >= 15 is 0 Å². The highest BCUT2D eigenvalue weighted by molar-refractivity contribution is 6.33. The topological polar surface area (TPSA) is 61.4 Å². The molecule has 0 aliphatic carbocycles. The molecule has 0 saturated carbocycles. The molecule has 21 heavy (non-hydrogen) atoms. The summed E-state index contributed by atoms with van der Waals surface area (Å²) < 4.78 is 0. The van der Waals surface area contributed by atoms with Crippen LogP contribution in [-0.4, -0.2) is 30.9 Å². The van der Waals surface area contributed by atoms with Gasteiger partial charge in [-0.05, 0) is 45.5 Å². The Balaban J connectivity index is 2.41. The van der Waals surface area contributed by atoms with Crippen LogP contribution in [0.3, 0.4) is 0 Å². The van der Waals surface area contributed by atoms with Crippen molar-refractivity contribution < 1.29 is 9.59 Å². The van der Waals surface area contributed by atoms with Gasteiger partial charge in [-0.15, -0.1) is 0 Å². The van der Waals surface area contributed by atoms with Crippen LogP contribution in [0.1, 0.15) is 32.4 Å². The Hall–Kier alpha value is -1.59. The average Bonchev–Trinajstić information content (AvgIpc) is 2.42. The molecule has 0 bridgehead atoms. The highest BCUT2D eigenvalue weighted by atomic mass is 35.5. The molecule has 1 aromatic carbocycles. The summed E-state index contributed by atoms with van der Waals surface area (Å²) in [6.07, 6.45) is 0. The monoisotopic (exact) mass is 309 g/mol. The molecule has 0 radical (unpaired) electrons. The minimum atomic E-state index is -0.826. The third-order valence-electron chi connectivity index (χ3n) is 3.98. The molecule has 114 valence electrons. The first-order valence-electron chi connectivity index (χ1n) is 6.86. The Bertz CT molecular complexity index is 586. The number of piperazine rings is 1. The molecule has 1 unspecified atom stereocenters. The maximum absolute atomic E-state index is 12.0. The van der Waals surface area contributed by atoms with Gasteiger partial charge in [0.2, 0.25) is 5.91 Å². The summed E-state index contributed by atoms with van der Waals surface area (Å²) in [7, 11) is 1.88. The van der Waals surface area contributed by atoms with E-state index in [2.05, 4.69) is 10.6 Å². The number of benzene rings is 1. The smallest absolute Gasteiger partial charge is 0.251 e. The van der Waals surface area contributed by atoms with E-state index in [9.17, 15) is 9.59 Å². The lowest BCUT2D eigenvalue weighted by Gasteiger charge is -2.42. The molecule has 1 aliphatic heterocycles. The van der Waals surface area contributed by atoms with Crippen molar-refractivity contribution in [3.8, 4) is 0 Å². The minimum Gasteiger partial charge on any atom is -0.347 e. The van der Waals surface area contributed by atoms with E-state index in [4.69, 9.17) is 11.6 Å². The van der Waals surface area contributed by atoms with E-state index in [1.54, 1.807) is 18.7 Å². The summed E-state index contributed by atoms with van der Waals surface area (Å²) in [5.41, 5.74) is 0.919. The SMILES string of the molecule is CNC(C)c1ccc(N2CC(=O)NC(=O)C2(C)C)c(Cl)c1. The molecule has 2 amide bonds. The van der Waals surface area contributed by atoms with Crippen molar-refractivity contribution in [2.24, 2.45) is 0 Å². The van der Waals surface area contributed by atoms with Gasteiger partial charge >= 0.3 is 0 Å². The number of carbonyl (C=O) groups excluding carboxylic acids is 2. The van der Waals surface area contributed by atoms with Gasteiger partial charge in [0, 0.05) is 6.04 Å². The molecular formula is C15H20ClN3O2. The summed E-state index contributed by atoms with van der Waals surface area (Å²) >= 11 is 6.37. The number of carbonyl (C=O) groups is 2. The zero-order valence-electron chi connectivity index (χ0n) is 12.7. The fourth-order valence-corrected chi connectivity index (χ4v) is 2.64. The van der Waals surface area contributed by atoms with Crippen molar-refractivity contribution in [1.82, 2.24) is 10.6 Å². The molecule has 0 aromatic heterocycles. The maximum atomic E-state index is 12.0. The number of hydrogen-bond acceptors (Lipinski definition) is 4. The number of nitrogens with zero attached hydrogens (tertiary/aromatic N) is 1. The van der Waals surface area contributed by atoms with Crippen LogP contribution in [0.25, 0.3) is 0 Å². The number of nitrogens with one attached hydrogen (secondary N) is 2. The summed E-state index contributed by atoms with van der Waals surface area (Å²) in [6.45, 7) is 5.69. The summed E-state index contributed by atoms with van der Waals surface area (Å²) in [5, 5.41) is 6.03. The molecule has 1 aromatic rings. The molecule has 0 spiro atoms. The number of halogens is 1. The Morgan fingerprint density at radius 3 is 2.62 bits per heavy atom. The van der Waals surface area contributed by atoms with Gasteiger partial charge in [0.15, 0.2) is 0 Å². The molecule has 1 heterocycles. The number of anilines is 1. The van der Waals surface area contributed by atoms with E-state index in [0.29, 0.717) is 10.7 Å². The largest absolute Gasteiger partial charge is 0.347 e. The van der Waals surface area contributed by atoms with E-state index in [1.807, 2.05) is 32.2 Å². The van der Waals surface area contributed by atoms with Gasteiger partial charge in [-0.25, -0.2) is 0 Å². The van der Waals surface area contributed by atoms with Crippen molar-refractivity contribution in [3.05, 3.63) is 28.8 Å². The molecule has 2 rings (SSSR count). The van der Waals surface area contributed by atoms with Crippen molar-refractivity contribution in [1.29, 1.82) is 0 Å². The van der Waals surface area contributed by atoms with Crippen LogP contribution in [0.4, 0.5) is 5.69 Å². The van der Waals surface area contributed by atoms with E-state index in [1.165, 1.54) is 0 Å². The number of rotatable bonds is 3. The predicted molar refractivity (Wildman–Crippen MR) is 83.5 cm³/mol. The van der Waals surface area contributed by atoms with E-state index < -0.39 is 5.54 Å². The predicted octanol–water partition coefficient (Wildman–Crippen LogP) is 1.86. The van der Waals surface area contributed by atoms with E-state index in [0.717, 1.165) is 5.56 Å². The summed E-state index contributed by atoms with van der Waals surface area (Å²) in [5.74, 6) is -0.634. The molecule has 5 nitrogen and oxygen atoms in total. The molecule has 2 N–H and O–H groups in total. The van der Waals surface area contributed by atoms with Crippen molar-refractivity contribution in [2.45, 2.75) is 32.4 Å². The summed E-state index contributed by atoms with van der Waals surface area (Å²) in [6, 6.07) is 5.86. The Kier molecular flexibility index (Phi) is 4.25. The molecule has 1 saturated heterocycles. The first kappa shape index (κ1) is 15.8. The molecule has 6 heteroatoms. The van der Waals surface area contributed by atoms with Gasteiger partial charge in [-0.3, -0.25) is 14.9 Å². The number of imide groups is 1. The highest BCUT2D eigenvalue weighted by Gasteiger charge is 2.41. The Morgan fingerprint density at radius 1 is 1.38 bits per heavy atom. The maximum Gasteiger partial charge on any atom is 0.251 e. The van der Waals surface area contributed by atoms with Gasteiger partial charge in [0.1, 0.15) is 5.54 Å². The first-order chi connectivity index (χ1) is 9.77. The van der Waals surface area contributed by atoms with Crippen molar-refractivity contribution in [2.75, 3.05) is 18.5 Å². The lowest BCUT2D eigenvalue weighted by atomic mass is 9.97. The lowest BCUT2D eigenvalue weighted by molar-refractivity contribution is -0.135. The van der Waals surface area contributed by atoms with Crippen LogP contribution in [0, 0.1) is 0 Å². The standard InChI is InChI=1S/C15H20ClN3O2/c1-9(17-4)10-5-6-12(11(16)7-10)19-8-13(20)18-14(21)15(19,2)3/h5-7,9,17H,8H2,1-4H3,(H,18,20,21). The van der Waals surface area contributed by atoms with Gasteiger partial charge in [-0.1, -0.05) is 17.7 Å². The Morgan fingerprint density at radius 2 is 2.05 bits per heavy atom. The van der Waals surface area contributed by atoms with Crippen LogP contribution < -0.4 is 15.5 Å². The number of hydrogen-bond donors (Lipinski definition) is 2. The quantitative estimate of drug-likeness (QED) is 0.837. The normalized spacial score (nSPS) is 19.4. The molecule has 1 fully saturated rings. The van der Waals surface area contributed by atoms with Gasteiger partial charge < -0.3 is 10.2 Å². The molecular weight excluding hydrogens is 290 g/mol. The first-order valence-corrected chi connectivity index (χ1v) is 7.23. The average molecular weight is 310 g/mol. The summed E-state index contributed by atoms with van der Waals surface area (Å²) in [4.78, 5) is 25.4. The number of amides is 2. The van der Waals surface area contributed by atoms with Gasteiger partial charge in [0.05, 0.1) is 17.3 Å². The van der Waals surface area contributed by atoms with Crippen LogP contribution in [0.5, 0.6) is 0 Å². The third-order valence-corrected chi connectivity index (χ3v) is 4.28. The second kappa shape index (κ2) is 5.66. The second-order valence-corrected chi connectivity index (χ2v) is 6.15. The third kappa shape index (κ3) is 2.89.